The first-order valence-corrected chi connectivity index (χ1v) is 24.5. The predicted octanol–water partition coefficient (Wildman–Crippen LogP) is -6.65. The molecular formula is C29H47Cl2K3N6O12S4. The van der Waals surface area contributed by atoms with Crippen LogP contribution in [0.25, 0.3) is 0 Å². The number of halogens is 2. The molecule has 2 fully saturated rings. The quantitative estimate of drug-likeness (QED) is 0.0471. The van der Waals surface area contributed by atoms with Gasteiger partial charge in [0.05, 0.1) is 70.2 Å². The van der Waals surface area contributed by atoms with Crippen LogP contribution in [-0.2, 0) is 45.0 Å². The molecule has 306 valence electrons. The Hall–Kier alpha value is 3.41. The smallest absolute Gasteiger partial charge is 0.748 e. The fourth-order valence-electron chi connectivity index (χ4n) is 6.92. The van der Waals surface area contributed by atoms with Crippen LogP contribution in [-0.4, -0.2) is 133 Å². The molecule has 2 aliphatic rings. The summed E-state index contributed by atoms with van der Waals surface area (Å²) in [6.45, 7) is 5.46. The van der Waals surface area contributed by atoms with E-state index in [0.717, 1.165) is 6.26 Å². The number of alkyl halides is 2. The van der Waals surface area contributed by atoms with Crippen LogP contribution in [0.15, 0.2) is 15.1 Å². The molecule has 1 aromatic heterocycles. The molecule has 0 aromatic carbocycles. The Labute approximate surface area is 468 Å². The summed E-state index contributed by atoms with van der Waals surface area (Å²) in [5.41, 5.74) is 0.153. The van der Waals surface area contributed by atoms with E-state index in [1.54, 1.807) is 13.8 Å². The third-order valence-electron chi connectivity index (χ3n) is 9.37. The van der Waals surface area contributed by atoms with Crippen LogP contribution in [0.1, 0.15) is 96.2 Å². The molecule has 5 unspecified atom stereocenters. The number of nitrogens with one attached hydrogen (secondary N) is 1. The van der Waals surface area contributed by atoms with Crippen molar-refractivity contribution in [3.63, 3.8) is 0 Å². The zero-order valence-electron chi connectivity index (χ0n) is 32.8. The van der Waals surface area contributed by atoms with Crippen LogP contribution in [0.3, 0.4) is 0 Å². The number of carbonyl (C=O) groups is 1. The van der Waals surface area contributed by atoms with Crippen LogP contribution in [0.5, 0.6) is 0 Å². The van der Waals surface area contributed by atoms with E-state index in [0.29, 0.717) is 45.2 Å². The Kier molecular flexibility index (Phi) is 27.4. The molecule has 2 saturated carbocycles. The molecule has 5 atom stereocenters. The Bertz CT molecular complexity index is 1870. The van der Waals surface area contributed by atoms with Gasteiger partial charge in [-0.3, -0.25) is 4.79 Å². The van der Waals surface area contributed by atoms with Gasteiger partial charge in [-0.15, -0.1) is 28.3 Å². The third-order valence-corrected chi connectivity index (χ3v) is 14.1. The maximum absolute atomic E-state index is 13.2. The molecule has 56 heavy (non-hydrogen) atoms. The first-order valence-electron chi connectivity index (χ1n) is 17.1. The number of unbranched alkanes of at least 4 members (excludes halogenated alkanes) is 2. The van der Waals surface area contributed by atoms with E-state index in [-0.39, 0.29) is 208 Å². The fraction of sp³-hybridized carbons (Fsp3) is 0.862. The zero-order chi connectivity index (χ0) is 40.1. The van der Waals surface area contributed by atoms with E-state index in [1.807, 2.05) is 4.90 Å². The number of aromatic nitrogens is 2. The number of nitrogens with zero attached hydrogens (tertiary/aromatic N) is 5. The second-order valence-electron chi connectivity index (χ2n) is 14.0. The van der Waals surface area contributed by atoms with Crippen molar-refractivity contribution >= 4 is 75.1 Å². The van der Waals surface area contributed by atoms with Crippen LogP contribution in [0.4, 0.5) is 5.82 Å². The maximum atomic E-state index is 13.2. The number of azo groups is 1. The van der Waals surface area contributed by atoms with Crippen molar-refractivity contribution in [1.29, 1.82) is 0 Å². The predicted molar refractivity (Wildman–Crippen MR) is 193 cm³/mol. The molecule has 1 heterocycles. The molecule has 1 amide bonds. The number of carbonyl (C=O) groups excluding carboxylic acids is 1. The van der Waals surface area contributed by atoms with E-state index in [4.69, 9.17) is 23.2 Å². The minimum absolute atomic E-state index is 0. The van der Waals surface area contributed by atoms with Gasteiger partial charge in [-0.1, -0.05) is 13.8 Å². The first-order chi connectivity index (χ1) is 24.3. The number of amides is 1. The molecule has 3 rings (SSSR count). The molecule has 0 bridgehead atoms. The monoisotopic (exact) mass is 986 g/mol. The Morgan fingerprint density at radius 1 is 0.875 bits per heavy atom. The second-order valence-corrected chi connectivity index (χ2v) is 21.8. The van der Waals surface area contributed by atoms with Crippen molar-refractivity contribution in [3.8, 4) is 0 Å². The topological polar surface area (TPSA) is 281 Å². The largest absolute Gasteiger partial charge is 1.00 e. The van der Waals surface area contributed by atoms with Crippen LogP contribution < -0.4 is 159 Å². The summed E-state index contributed by atoms with van der Waals surface area (Å²) in [6, 6.07) is -2.48. The summed E-state index contributed by atoms with van der Waals surface area (Å²) >= 11 is 13.3. The molecule has 0 aliphatic heterocycles. The summed E-state index contributed by atoms with van der Waals surface area (Å²) in [5.74, 6) is -2.09. The SMILES string of the molecule is CC(=O)NC1CC(N(CCCCS(=O)(=O)[O-])CCCCS(=O)(=O)[O-])CCC1N=Nc1c(S(C)(=O)=O)c(C(C)C)nn1C1C(Cl)CC(S(=O)(=O)[O-])CC1Cl.[K+].[K+].[K+]. The van der Waals surface area contributed by atoms with E-state index >= 15 is 0 Å². The van der Waals surface area contributed by atoms with Gasteiger partial charge in [0, 0.05) is 30.7 Å². The van der Waals surface area contributed by atoms with Gasteiger partial charge in [0.2, 0.25) is 5.91 Å². The molecule has 0 saturated heterocycles. The number of rotatable bonds is 18. The summed E-state index contributed by atoms with van der Waals surface area (Å²) in [4.78, 5) is 14.1. The minimum Gasteiger partial charge on any atom is -0.748 e. The molecule has 1 N–H and O–H groups in total. The third kappa shape index (κ3) is 19.3. The van der Waals surface area contributed by atoms with E-state index in [1.165, 1.54) is 11.6 Å². The minimum atomic E-state index is -4.72. The van der Waals surface area contributed by atoms with Crippen molar-refractivity contribution in [1.82, 2.24) is 20.0 Å². The van der Waals surface area contributed by atoms with Gasteiger partial charge < -0.3 is 23.9 Å². The molecule has 18 nitrogen and oxygen atoms in total. The standard InChI is InChI=1S/C29H50Cl2N6O12S4.3K/c1-18(2)26-28(50(4,39)40)29(37(35-26)27-22(30)16-21(17-23(27)31)53(47,48)49)34-33-24-10-9-20(15-25(24)32-19(3)38)36(11-5-7-13-51(41,42)43)12-6-8-14-52(44,45)46;;;/h18,20-25,27H,5-17H2,1-4H3,(H,32,38)(H,41,42,43)(H,44,45,46)(H,47,48,49);;;/q;3*+1/p-3. The normalized spacial score (nSPS) is 25.0. The van der Waals surface area contributed by atoms with Gasteiger partial charge in [-0.2, -0.15) is 10.2 Å². The first kappa shape index (κ1) is 59.4. The zero-order valence-corrected chi connectivity index (χ0v) is 47.0. The van der Waals surface area contributed by atoms with Crippen LogP contribution in [0.2, 0.25) is 0 Å². The van der Waals surface area contributed by atoms with Gasteiger partial charge in [0.1, 0.15) is 4.90 Å². The molecular weight excluding hydrogens is 941 g/mol. The van der Waals surface area contributed by atoms with Crippen molar-refractivity contribution < 1.29 is 206 Å². The van der Waals surface area contributed by atoms with E-state index in [2.05, 4.69) is 20.6 Å². The Morgan fingerprint density at radius 2 is 1.38 bits per heavy atom. The van der Waals surface area contributed by atoms with Crippen LogP contribution in [0, 0.1) is 0 Å². The second kappa shape index (κ2) is 25.8. The Morgan fingerprint density at radius 3 is 1.79 bits per heavy atom. The van der Waals surface area contributed by atoms with Gasteiger partial charge in [0.25, 0.3) is 0 Å². The molecule has 1 aromatic rings. The van der Waals surface area contributed by atoms with Gasteiger partial charge in [-0.05, 0) is 76.8 Å². The molecule has 27 heteroatoms. The number of hydrogen-bond acceptors (Lipinski definition) is 16. The average Bonchev–Trinajstić information content (AvgIpc) is 3.37. The van der Waals surface area contributed by atoms with Gasteiger partial charge >= 0.3 is 154 Å². The fourth-order valence-corrected chi connectivity index (χ4v) is 11.3. The van der Waals surface area contributed by atoms with E-state index < -0.39 is 91.7 Å². The summed E-state index contributed by atoms with van der Waals surface area (Å²) in [5, 5.41) is 12.9. The maximum Gasteiger partial charge on any atom is 1.00 e. The number of sulfone groups is 1. The van der Waals surface area contributed by atoms with Gasteiger partial charge in [-0.25, -0.2) is 38.4 Å². The summed E-state index contributed by atoms with van der Waals surface area (Å²) in [7, 11) is -17.6. The van der Waals surface area contributed by atoms with Crippen molar-refractivity contribution in [2.24, 2.45) is 10.2 Å². The van der Waals surface area contributed by atoms with Crippen LogP contribution >= 0.6 is 23.2 Å². The van der Waals surface area contributed by atoms with Crippen molar-refractivity contribution in [2.45, 2.75) is 130 Å². The molecule has 0 spiro atoms. The average molecular weight is 988 g/mol. The molecule has 2 aliphatic carbocycles. The summed E-state index contributed by atoms with van der Waals surface area (Å²) < 4.78 is 130. The van der Waals surface area contributed by atoms with Crippen molar-refractivity contribution in [2.75, 3.05) is 30.9 Å². The summed E-state index contributed by atoms with van der Waals surface area (Å²) in [6.07, 6.45) is 2.49. The van der Waals surface area contributed by atoms with E-state index in [9.17, 15) is 52.1 Å². The van der Waals surface area contributed by atoms with Crippen molar-refractivity contribution in [3.05, 3.63) is 5.69 Å². The van der Waals surface area contributed by atoms with Gasteiger partial charge in [0.15, 0.2) is 15.7 Å². The Balaban J connectivity index is 0.0000101. The molecule has 0 radical (unpaired) electrons. The number of hydrogen-bond donors (Lipinski definition) is 1.